The Balaban J connectivity index is 1.91. The van der Waals surface area contributed by atoms with Gasteiger partial charge in [-0.3, -0.25) is 4.90 Å². The van der Waals surface area contributed by atoms with Crippen LogP contribution in [0.5, 0.6) is 0 Å². The van der Waals surface area contributed by atoms with Crippen LogP contribution in [0.2, 0.25) is 0 Å². The Labute approximate surface area is 154 Å². The van der Waals surface area contributed by atoms with Crippen LogP contribution in [0.15, 0.2) is 5.38 Å². The fourth-order valence-electron chi connectivity index (χ4n) is 2.68. The van der Waals surface area contributed by atoms with E-state index in [2.05, 4.69) is 4.98 Å². The van der Waals surface area contributed by atoms with Crippen molar-refractivity contribution in [3.63, 3.8) is 0 Å². The van der Waals surface area contributed by atoms with Gasteiger partial charge in [0.1, 0.15) is 16.7 Å². The van der Waals surface area contributed by atoms with E-state index in [4.69, 9.17) is 4.74 Å². The summed E-state index contributed by atoms with van der Waals surface area (Å²) in [6.45, 7) is 8.84. The summed E-state index contributed by atoms with van der Waals surface area (Å²) in [5.41, 5.74) is -1.56. The molecule has 2 heterocycles. The molecule has 1 aromatic rings. The quantitative estimate of drug-likeness (QED) is 0.852. The molecule has 2 atom stereocenters. The average molecular weight is 395 g/mol. The van der Waals surface area contributed by atoms with Crippen LogP contribution in [-0.2, 0) is 10.9 Å². The van der Waals surface area contributed by atoms with Crippen molar-refractivity contribution >= 4 is 17.4 Å². The van der Waals surface area contributed by atoms with Crippen molar-refractivity contribution in [1.82, 2.24) is 14.8 Å². The molecule has 26 heavy (non-hydrogen) atoms. The van der Waals surface area contributed by atoms with Crippen molar-refractivity contribution in [2.24, 2.45) is 0 Å². The number of aliphatic hydroxyl groups excluding tert-OH is 1. The fourth-order valence-corrected chi connectivity index (χ4v) is 3.49. The number of hydrogen-bond donors (Lipinski definition) is 1. The largest absolute Gasteiger partial charge is 0.444 e. The number of thiazole rings is 1. The van der Waals surface area contributed by atoms with Gasteiger partial charge in [-0.1, -0.05) is 0 Å². The highest BCUT2D eigenvalue weighted by atomic mass is 32.1. The number of aliphatic hydroxyl groups is 1. The van der Waals surface area contributed by atoms with Gasteiger partial charge in [0.05, 0.1) is 0 Å². The van der Waals surface area contributed by atoms with E-state index in [1.165, 1.54) is 0 Å². The zero-order valence-electron chi connectivity index (χ0n) is 15.2. The predicted molar refractivity (Wildman–Crippen MR) is 90.9 cm³/mol. The first-order chi connectivity index (χ1) is 11.9. The lowest BCUT2D eigenvalue weighted by Crippen LogP contribution is -2.55. The molecule has 0 radical (unpaired) electrons. The highest BCUT2D eigenvalue weighted by Gasteiger charge is 2.35. The lowest BCUT2D eigenvalue weighted by atomic mass is 10.1. The van der Waals surface area contributed by atoms with Gasteiger partial charge in [-0.05, 0) is 27.7 Å². The van der Waals surface area contributed by atoms with Gasteiger partial charge in [0.2, 0.25) is 0 Å². The summed E-state index contributed by atoms with van der Waals surface area (Å²) in [6, 6.07) is -0.132. The first-order valence-corrected chi connectivity index (χ1v) is 9.17. The second kappa shape index (κ2) is 7.69. The van der Waals surface area contributed by atoms with E-state index in [0.29, 0.717) is 19.6 Å². The van der Waals surface area contributed by atoms with E-state index < -0.39 is 23.6 Å². The topological polar surface area (TPSA) is 65.9 Å². The van der Waals surface area contributed by atoms with Crippen LogP contribution in [0.25, 0.3) is 0 Å². The summed E-state index contributed by atoms with van der Waals surface area (Å²) >= 11 is 0.793. The van der Waals surface area contributed by atoms with Crippen molar-refractivity contribution in [1.29, 1.82) is 0 Å². The molecule has 0 spiro atoms. The predicted octanol–water partition coefficient (Wildman–Crippen LogP) is 3.14. The third kappa shape index (κ3) is 5.55. The second-order valence-electron chi connectivity index (χ2n) is 7.37. The van der Waals surface area contributed by atoms with Crippen molar-refractivity contribution in [3.05, 3.63) is 16.1 Å². The molecule has 0 aliphatic carbocycles. The first-order valence-electron chi connectivity index (χ1n) is 8.29. The van der Waals surface area contributed by atoms with Crippen LogP contribution in [0, 0.1) is 0 Å². The van der Waals surface area contributed by atoms with Gasteiger partial charge in [0.15, 0.2) is 5.69 Å². The van der Waals surface area contributed by atoms with Crippen molar-refractivity contribution in [2.45, 2.75) is 51.6 Å². The van der Waals surface area contributed by atoms with Gasteiger partial charge in [0, 0.05) is 37.6 Å². The minimum Gasteiger partial charge on any atom is -0.444 e. The van der Waals surface area contributed by atoms with Crippen LogP contribution in [0.4, 0.5) is 18.0 Å². The number of piperazine rings is 1. The molecule has 148 valence electrons. The highest BCUT2D eigenvalue weighted by Crippen LogP contribution is 2.32. The average Bonchev–Trinajstić information content (AvgIpc) is 2.95. The van der Waals surface area contributed by atoms with Crippen molar-refractivity contribution < 1.29 is 27.8 Å². The summed E-state index contributed by atoms with van der Waals surface area (Å²) in [5, 5.41) is 11.1. The van der Waals surface area contributed by atoms with Crippen LogP contribution < -0.4 is 0 Å². The molecule has 1 amide bonds. The van der Waals surface area contributed by atoms with Gasteiger partial charge in [0.25, 0.3) is 0 Å². The number of amides is 1. The molecule has 10 heteroatoms. The van der Waals surface area contributed by atoms with E-state index >= 15 is 0 Å². The Kier molecular flexibility index (Phi) is 6.19. The zero-order chi connectivity index (χ0) is 19.7. The number of hydrogen-bond acceptors (Lipinski definition) is 6. The molecule has 0 aromatic carbocycles. The Hall–Kier alpha value is -1.39. The number of ether oxygens (including phenoxy) is 1. The molecule has 1 aliphatic rings. The summed E-state index contributed by atoms with van der Waals surface area (Å²) < 4.78 is 43.2. The zero-order valence-corrected chi connectivity index (χ0v) is 16.0. The first kappa shape index (κ1) is 20.9. The molecular weight excluding hydrogens is 371 g/mol. The van der Waals surface area contributed by atoms with E-state index in [1.807, 2.05) is 11.8 Å². The highest BCUT2D eigenvalue weighted by molar-refractivity contribution is 7.09. The minimum absolute atomic E-state index is 0.0412. The molecule has 2 rings (SSSR count). The van der Waals surface area contributed by atoms with E-state index in [1.54, 1.807) is 25.7 Å². The normalized spacial score (nSPS) is 20.9. The lowest BCUT2D eigenvalue weighted by Gasteiger charge is -2.40. The molecule has 1 aromatic heterocycles. The molecular formula is C16H24F3N3O3S. The Morgan fingerprint density at radius 2 is 2.08 bits per heavy atom. The molecule has 1 N–H and O–H groups in total. The summed E-state index contributed by atoms with van der Waals surface area (Å²) in [6.07, 6.45) is -6.00. The number of β-amino-alcohol motifs (C(OH)–C–C–N with tert-alkyl or cyclic N) is 1. The summed E-state index contributed by atoms with van der Waals surface area (Å²) in [7, 11) is 0. The Bertz CT molecular complexity index is 630. The lowest BCUT2D eigenvalue weighted by molar-refractivity contribution is -0.140. The van der Waals surface area contributed by atoms with Crippen LogP contribution in [0.1, 0.15) is 44.5 Å². The standard InChI is InChI=1S/C16H24F3N3O3S/c1-10-7-21(5-6-22(10)14(24)25-15(2,3)4)8-11(23)13-20-12(9-26-13)16(17,18)19/h9-11,23H,5-8H2,1-4H3/t10-,11?/m1/s1. The molecule has 6 nitrogen and oxygen atoms in total. The van der Waals surface area contributed by atoms with Crippen LogP contribution >= 0.6 is 11.3 Å². The number of alkyl halides is 3. The number of carbonyl (C=O) groups is 1. The van der Waals surface area contributed by atoms with Crippen molar-refractivity contribution in [2.75, 3.05) is 26.2 Å². The van der Waals surface area contributed by atoms with Crippen molar-refractivity contribution in [3.8, 4) is 0 Å². The number of aromatic nitrogens is 1. The summed E-state index contributed by atoms with van der Waals surface area (Å²) in [5.74, 6) is 0. The van der Waals surface area contributed by atoms with Crippen LogP contribution in [-0.4, -0.2) is 63.8 Å². The monoisotopic (exact) mass is 395 g/mol. The Morgan fingerprint density at radius 3 is 2.58 bits per heavy atom. The van der Waals surface area contributed by atoms with Gasteiger partial charge >= 0.3 is 12.3 Å². The molecule has 0 bridgehead atoms. The molecule has 1 unspecified atom stereocenters. The maximum Gasteiger partial charge on any atom is 0.434 e. The molecule has 1 saturated heterocycles. The third-order valence-electron chi connectivity index (χ3n) is 3.87. The van der Waals surface area contributed by atoms with E-state index in [-0.39, 0.29) is 23.7 Å². The molecule has 1 fully saturated rings. The van der Waals surface area contributed by atoms with E-state index in [0.717, 1.165) is 16.7 Å². The van der Waals surface area contributed by atoms with Gasteiger partial charge < -0.3 is 14.7 Å². The SMILES string of the molecule is C[C@@H]1CN(CC(O)c2nc(C(F)(F)F)cs2)CCN1C(=O)OC(C)(C)C. The molecule has 0 saturated carbocycles. The maximum atomic E-state index is 12.6. The smallest absolute Gasteiger partial charge is 0.434 e. The number of halogens is 3. The third-order valence-corrected chi connectivity index (χ3v) is 4.81. The minimum atomic E-state index is -4.51. The van der Waals surface area contributed by atoms with Gasteiger partial charge in [-0.25, -0.2) is 9.78 Å². The van der Waals surface area contributed by atoms with Gasteiger partial charge in [-0.15, -0.1) is 11.3 Å². The fraction of sp³-hybridized carbons (Fsp3) is 0.750. The summed E-state index contributed by atoms with van der Waals surface area (Å²) in [4.78, 5) is 19.2. The van der Waals surface area contributed by atoms with Gasteiger partial charge in [-0.2, -0.15) is 13.2 Å². The maximum absolute atomic E-state index is 12.6. The number of rotatable bonds is 3. The number of nitrogens with zero attached hydrogens (tertiary/aromatic N) is 3. The number of carbonyl (C=O) groups excluding carboxylic acids is 1. The Morgan fingerprint density at radius 1 is 1.42 bits per heavy atom. The molecule has 1 aliphatic heterocycles. The second-order valence-corrected chi connectivity index (χ2v) is 8.26. The van der Waals surface area contributed by atoms with Crippen LogP contribution in [0.3, 0.4) is 0 Å². The van der Waals surface area contributed by atoms with E-state index in [9.17, 15) is 23.1 Å².